The van der Waals surface area contributed by atoms with Gasteiger partial charge in [0.2, 0.25) is 5.69 Å². The van der Waals surface area contributed by atoms with Crippen molar-refractivity contribution in [3.05, 3.63) is 65.1 Å². The summed E-state index contributed by atoms with van der Waals surface area (Å²) in [6.07, 6.45) is 0. The third-order valence-corrected chi connectivity index (χ3v) is 4.42. The van der Waals surface area contributed by atoms with Crippen molar-refractivity contribution in [3.8, 4) is 11.4 Å². The van der Waals surface area contributed by atoms with Crippen LogP contribution in [0.5, 0.6) is 0 Å². The summed E-state index contributed by atoms with van der Waals surface area (Å²) in [6.45, 7) is 1.90. The highest BCUT2D eigenvalue weighted by Gasteiger charge is 2.20. The van der Waals surface area contributed by atoms with Crippen LogP contribution in [0, 0.1) is 5.82 Å². The van der Waals surface area contributed by atoms with Crippen LogP contribution in [0.2, 0.25) is 5.02 Å². The van der Waals surface area contributed by atoms with Crippen molar-refractivity contribution in [1.82, 2.24) is 15.2 Å². The Hall–Kier alpha value is -2.51. The first kappa shape index (κ1) is 18.3. The summed E-state index contributed by atoms with van der Waals surface area (Å²) in [6, 6.07) is 12.9. The molecule has 5 nitrogen and oxygen atoms in total. The zero-order chi connectivity index (χ0) is 18.5. The SMILES string of the molecule is CCOC(=O)c1nnc(-c2cccc(F)c2)nc1Sc1cccc(Cl)c1. The molecule has 0 aliphatic carbocycles. The van der Waals surface area contributed by atoms with Gasteiger partial charge in [-0.2, -0.15) is 0 Å². The Morgan fingerprint density at radius 2 is 2.00 bits per heavy atom. The topological polar surface area (TPSA) is 65.0 Å². The van der Waals surface area contributed by atoms with Gasteiger partial charge in [0.05, 0.1) is 6.61 Å². The molecule has 0 bridgehead atoms. The first-order valence-electron chi connectivity index (χ1n) is 7.68. The van der Waals surface area contributed by atoms with Crippen molar-refractivity contribution in [2.24, 2.45) is 0 Å². The molecule has 0 amide bonds. The van der Waals surface area contributed by atoms with E-state index in [-0.39, 0.29) is 18.1 Å². The second kappa shape index (κ2) is 8.25. The zero-order valence-electron chi connectivity index (χ0n) is 13.6. The molecular formula is C18H13ClFN3O2S. The summed E-state index contributed by atoms with van der Waals surface area (Å²) in [4.78, 5) is 17.3. The van der Waals surface area contributed by atoms with Crippen LogP contribution >= 0.6 is 23.4 Å². The van der Waals surface area contributed by atoms with Gasteiger partial charge in [0, 0.05) is 15.5 Å². The number of carbonyl (C=O) groups is 1. The van der Waals surface area contributed by atoms with Gasteiger partial charge >= 0.3 is 5.97 Å². The number of hydrogen-bond donors (Lipinski definition) is 0. The Balaban J connectivity index is 2.04. The Kier molecular flexibility index (Phi) is 5.80. The number of rotatable bonds is 5. The van der Waals surface area contributed by atoms with E-state index < -0.39 is 11.8 Å². The molecule has 0 unspecified atom stereocenters. The van der Waals surface area contributed by atoms with Gasteiger partial charge in [-0.05, 0) is 37.3 Å². The van der Waals surface area contributed by atoms with Crippen LogP contribution in [0.1, 0.15) is 17.4 Å². The van der Waals surface area contributed by atoms with E-state index in [1.807, 2.05) is 6.07 Å². The number of carbonyl (C=O) groups excluding carboxylic acids is 1. The molecule has 0 spiro atoms. The summed E-state index contributed by atoms with van der Waals surface area (Å²) >= 11 is 7.22. The van der Waals surface area contributed by atoms with E-state index in [0.29, 0.717) is 15.6 Å². The Bertz CT molecular complexity index is 955. The second-order valence-electron chi connectivity index (χ2n) is 5.08. The number of aromatic nitrogens is 3. The van der Waals surface area contributed by atoms with Gasteiger partial charge in [-0.25, -0.2) is 14.2 Å². The highest BCUT2D eigenvalue weighted by atomic mass is 35.5. The first-order chi connectivity index (χ1) is 12.6. The largest absolute Gasteiger partial charge is 0.461 e. The van der Waals surface area contributed by atoms with Gasteiger partial charge in [0.25, 0.3) is 0 Å². The lowest BCUT2D eigenvalue weighted by Gasteiger charge is -2.08. The van der Waals surface area contributed by atoms with Crippen LogP contribution in [-0.2, 0) is 4.74 Å². The maximum absolute atomic E-state index is 13.5. The molecule has 0 fully saturated rings. The first-order valence-corrected chi connectivity index (χ1v) is 8.87. The third-order valence-electron chi connectivity index (χ3n) is 3.22. The molecule has 0 aliphatic rings. The van der Waals surface area contributed by atoms with E-state index in [0.717, 1.165) is 4.90 Å². The second-order valence-corrected chi connectivity index (χ2v) is 6.58. The number of ether oxygens (including phenoxy) is 1. The zero-order valence-corrected chi connectivity index (χ0v) is 15.2. The molecule has 0 aliphatic heterocycles. The summed E-state index contributed by atoms with van der Waals surface area (Å²) < 4.78 is 18.5. The average Bonchev–Trinajstić information content (AvgIpc) is 2.62. The highest BCUT2D eigenvalue weighted by molar-refractivity contribution is 7.99. The monoisotopic (exact) mass is 389 g/mol. The van der Waals surface area contributed by atoms with Crippen molar-refractivity contribution in [2.45, 2.75) is 16.8 Å². The minimum absolute atomic E-state index is 0.00280. The molecule has 3 aromatic rings. The van der Waals surface area contributed by atoms with E-state index in [2.05, 4.69) is 15.2 Å². The quantitative estimate of drug-likeness (QED) is 0.591. The van der Waals surface area contributed by atoms with Crippen molar-refractivity contribution >= 4 is 29.3 Å². The molecule has 0 saturated heterocycles. The van der Waals surface area contributed by atoms with E-state index >= 15 is 0 Å². The molecule has 1 heterocycles. The van der Waals surface area contributed by atoms with Crippen LogP contribution < -0.4 is 0 Å². The Morgan fingerprint density at radius 1 is 1.19 bits per heavy atom. The normalized spacial score (nSPS) is 10.6. The fourth-order valence-electron chi connectivity index (χ4n) is 2.10. The molecule has 0 atom stereocenters. The lowest BCUT2D eigenvalue weighted by molar-refractivity contribution is 0.0512. The molecule has 8 heteroatoms. The summed E-state index contributed by atoms with van der Waals surface area (Å²) in [7, 11) is 0. The van der Waals surface area contributed by atoms with Crippen LogP contribution in [0.3, 0.4) is 0 Å². The minimum atomic E-state index is -0.622. The molecule has 0 radical (unpaired) electrons. The van der Waals surface area contributed by atoms with Gasteiger partial charge in [0.15, 0.2) is 5.82 Å². The number of nitrogens with zero attached hydrogens (tertiary/aromatic N) is 3. The van der Waals surface area contributed by atoms with Gasteiger partial charge in [0.1, 0.15) is 10.8 Å². The van der Waals surface area contributed by atoms with Gasteiger partial charge in [-0.1, -0.05) is 41.6 Å². The standard InChI is InChI=1S/C18H13ClFN3O2S/c1-2-25-18(24)15-17(26-14-8-4-6-12(19)10-14)21-16(23-22-15)11-5-3-7-13(20)9-11/h3-10H,2H2,1H3. The summed E-state index contributed by atoms with van der Waals surface area (Å²) in [5.41, 5.74) is 0.456. The number of halogens is 2. The molecule has 1 aromatic heterocycles. The average molecular weight is 390 g/mol. The van der Waals surface area contributed by atoms with Crippen molar-refractivity contribution < 1.29 is 13.9 Å². The summed E-state index contributed by atoms with van der Waals surface area (Å²) in [5.74, 6) is -0.825. The lowest BCUT2D eigenvalue weighted by atomic mass is 10.2. The number of benzene rings is 2. The van der Waals surface area contributed by atoms with E-state index in [1.54, 1.807) is 37.3 Å². The molecular weight excluding hydrogens is 377 g/mol. The lowest BCUT2D eigenvalue weighted by Crippen LogP contribution is -2.12. The Labute approximate surface area is 158 Å². The van der Waals surface area contributed by atoms with Crippen LogP contribution in [0.4, 0.5) is 4.39 Å². The van der Waals surface area contributed by atoms with Gasteiger partial charge in [-0.3, -0.25) is 0 Å². The van der Waals surface area contributed by atoms with E-state index in [1.165, 1.54) is 23.9 Å². The van der Waals surface area contributed by atoms with E-state index in [4.69, 9.17) is 16.3 Å². The summed E-state index contributed by atoms with van der Waals surface area (Å²) in [5, 5.41) is 8.76. The number of hydrogen-bond acceptors (Lipinski definition) is 6. The van der Waals surface area contributed by atoms with Crippen molar-refractivity contribution in [2.75, 3.05) is 6.61 Å². The maximum Gasteiger partial charge on any atom is 0.361 e. The smallest absolute Gasteiger partial charge is 0.361 e. The highest BCUT2D eigenvalue weighted by Crippen LogP contribution is 2.31. The van der Waals surface area contributed by atoms with Gasteiger partial charge < -0.3 is 4.74 Å². The Morgan fingerprint density at radius 3 is 2.73 bits per heavy atom. The van der Waals surface area contributed by atoms with Gasteiger partial charge in [-0.15, -0.1) is 10.2 Å². The molecule has 3 rings (SSSR count). The van der Waals surface area contributed by atoms with Crippen molar-refractivity contribution in [3.63, 3.8) is 0 Å². The molecule has 26 heavy (non-hydrogen) atoms. The third kappa shape index (κ3) is 4.36. The predicted molar refractivity (Wildman–Crippen MR) is 96.8 cm³/mol. The van der Waals surface area contributed by atoms with Crippen LogP contribution in [-0.4, -0.2) is 27.8 Å². The molecule has 0 saturated carbocycles. The molecule has 132 valence electrons. The number of esters is 1. The van der Waals surface area contributed by atoms with Crippen molar-refractivity contribution in [1.29, 1.82) is 0 Å². The van der Waals surface area contributed by atoms with Crippen LogP contribution in [0.25, 0.3) is 11.4 Å². The minimum Gasteiger partial charge on any atom is -0.461 e. The fraction of sp³-hybridized carbons (Fsp3) is 0.111. The molecule has 2 aromatic carbocycles. The van der Waals surface area contributed by atoms with Crippen LogP contribution in [0.15, 0.2) is 58.5 Å². The maximum atomic E-state index is 13.5. The predicted octanol–water partition coefficient (Wildman–Crippen LogP) is 4.66. The fourth-order valence-corrected chi connectivity index (χ4v) is 3.27. The van der Waals surface area contributed by atoms with E-state index in [9.17, 15) is 9.18 Å². The molecule has 0 N–H and O–H groups in total.